The molecule has 2 rings (SSSR count). The van der Waals surface area contributed by atoms with Crippen LogP contribution in [-0.4, -0.2) is 5.78 Å². The molecule has 0 radical (unpaired) electrons. The van der Waals surface area contributed by atoms with Crippen LogP contribution in [0.25, 0.3) is 6.08 Å². The van der Waals surface area contributed by atoms with Crippen molar-refractivity contribution >= 4 is 46.7 Å². The summed E-state index contributed by atoms with van der Waals surface area (Å²) in [4.78, 5) is 11.9. The minimum absolute atomic E-state index is 0.109. The van der Waals surface area contributed by atoms with E-state index in [1.54, 1.807) is 48.5 Å². The molecule has 0 unspecified atom stereocenters. The summed E-state index contributed by atoms with van der Waals surface area (Å²) < 4.78 is 0. The van der Waals surface area contributed by atoms with Gasteiger partial charge in [0.25, 0.3) is 0 Å². The molecule has 0 heterocycles. The molecule has 0 aliphatic heterocycles. The maximum Gasteiger partial charge on any atom is 0.185 e. The van der Waals surface area contributed by atoms with Crippen molar-refractivity contribution in [2.24, 2.45) is 0 Å². The summed E-state index contributed by atoms with van der Waals surface area (Å²) >= 11 is 17.6. The summed E-state index contributed by atoms with van der Waals surface area (Å²) in [6, 6.07) is 11.8. The summed E-state index contributed by atoms with van der Waals surface area (Å²) in [7, 11) is 0. The van der Waals surface area contributed by atoms with Crippen LogP contribution >= 0.6 is 34.8 Å². The summed E-state index contributed by atoms with van der Waals surface area (Å²) in [6.07, 6.45) is 3.13. The monoisotopic (exact) mass is 310 g/mol. The van der Waals surface area contributed by atoms with Crippen molar-refractivity contribution in [2.45, 2.75) is 0 Å². The van der Waals surface area contributed by atoms with E-state index in [2.05, 4.69) is 0 Å². The van der Waals surface area contributed by atoms with Crippen molar-refractivity contribution in [1.29, 1.82) is 0 Å². The Hall–Kier alpha value is -1.28. The van der Waals surface area contributed by atoms with E-state index in [-0.39, 0.29) is 5.78 Å². The van der Waals surface area contributed by atoms with Crippen molar-refractivity contribution in [3.63, 3.8) is 0 Å². The fourth-order valence-electron chi connectivity index (χ4n) is 1.51. The smallest absolute Gasteiger partial charge is 0.185 e. The second kappa shape index (κ2) is 6.25. The minimum Gasteiger partial charge on any atom is -0.289 e. The van der Waals surface area contributed by atoms with E-state index in [1.807, 2.05) is 0 Å². The normalized spacial score (nSPS) is 10.9. The van der Waals surface area contributed by atoms with E-state index in [0.717, 1.165) is 5.56 Å². The van der Waals surface area contributed by atoms with Crippen LogP contribution in [-0.2, 0) is 0 Å². The maximum absolute atomic E-state index is 11.9. The lowest BCUT2D eigenvalue weighted by molar-refractivity contribution is 0.104. The SMILES string of the molecule is O=C(/C=C/c1ccc(Cl)cc1Cl)c1ccc(Cl)cc1. The Labute approximate surface area is 126 Å². The van der Waals surface area contributed by atoms with Crippen LogP contribution in [0.1, 0.15) is 15.9 Å². The van der Waals surface area contributed by atoms with Crippen LogP contribution < -0.4 is 0 Å². The Morgan fingerprint density at radius 2 is 1.53 bits per heavy atom. The van der Waals surface area contributed by atoms with Gasteiger partial charge in [0.1, 0.15) is 0 Å². The quantitative estimate of drug-likeness (QED) is 0.537. The van der Waals surface area contributed by atoms with Crippen LogP contribution in [0.3, 0.4) is 0 Å². The molecule has 0 aliphatic carbocycles. The highest BCUT2D eigenvalue weighted by molar-refractivity contribution is 6.35. The highest BCUT2D eigenvalue weighted by atomic mass is 35.5. The molecular weight excluding hydrogens is 303 g/mol. The number of carbonyl (C=O) groups is 1. The number of rotatable bonds is 3. The summed E-state index contributed by atoms with van der Waals surface area (Å²) in [5.74, 6) is -0.109. The van der Waals surface area contributed by atoms with E-state index < -0.39 is 0 Å². The number of allylic oxidation sites excluding steroid dienone is 1. The van der Waals surface area contributed by atoms with Gasteiger partial charge < -0.3 is 0 Å². The third kappa shape index (κ3) is 3.84. The molecule has 19 heavy (non-hydrogen) atoms. The summed E-state index contributed by atoms with van der Waals surface area (Å²) in [5, 5.41) is 1.67. The first kappa shape index (κ1) is 14.1. The Morgan fingerprint density at radius 3 is 2.16 bits per heavy atom. The van der Waals surface area contributed by atoms with Crippen molar-refractivity contribution < 1.29 is 4.79 Å². The standard InChI is InChI=1S/C15H9Cl3O/c16-12-5-2-11(3-6-12)15(19)8-4-10-1-7-13(17)9-14(10)18/h1-9H/b8-4+. The number of halogens is 3. The van der Waals surface area contributed by atoms with Gasteiger partial charge in [0, 0.05) is 20.6 Å². The predicted molar refractivity (Wildman–Crippen MR) is 81.3 cm³/mol. The second-order valence-corrected chi connectivity index (χ2v) is 5.15. The molecule has 0 aromatic heterocycles. The van der Waals surface area contributed by atoms with Gasteiger partial charge in [-0.05, 0) is 54.1 Å². The molecule has 0 aliphatic rings. The third-order valence-corrected chi connectivity index (χ3v) is 3.32. The molecule has 0 spiro atoms. The summed E-state index contributed by atoms with van der Waals surface area (Å²) in [6.45, 7) is 0. The molecule has 0 N–H and O–H groups in total. The molecule has 0 saturated heterocycles. The van der Waals surface area contributed by atoms with E-state index >= 15 is 0 Å². The van der Waals surface area contributed by atoms with Gasteiger partial charge in [-0.1, -0.05) is 40.9 Å². The van der Waals surface area contributed by atoms with Crippen LogP contribution in [0.15, 0.2) is 48.5 Å². The molecule has 96 valence electrons. The van der Waals surface area contributed by atoms with Gasteiger partial charge in [-0.3, -0.25) is 4.79 Å². The predicted octanol–water partition coefficient (Wildman–Crippen LogP) is 5.54. The molecule has 0 bridgehead atoms. The Bertz CT molecular complexity index is 630. The van der Waals surface area contributed by atoms with Crippen molar-refractivity contribution in [3.8, 4) is 0 Å². The number of hydrogen-bond donors (Lipinski definition) is 0. The lowest BCUT2D eigenvalue weighted by atomic mass is 10.1. The zero-order chi connectivity index (χ0) is 13.8. The molecule has 0 saturated carbocycles. The molecule has 2 aromatic rings. The van der Waals surface area contributed by atoms with Gasteiger partial charge >= 0.3 is 0 Å². The first-order valence-corrected chi connectivity index (χ1v) is 6.63. The van der Waals surface area contributed by atoms with Crippen molar-refractivity contribution in [1.82, 2.24) is 0 Å². The van der Waals surface area contributed by atoms with Crippen LogP contribution in [0.5, 0.6) is 0 Å². The topological polar surface area (TPSA) is 17.1 Å². The number of benzene rings is 2. The lowest BCUT2D eigenvalue weighted by Gasteiger charge is -1.99. The maximum atomic E-state index is 11.9. The van der Waals surface area contributed by atoms with Crippen LogP contribution in [0.4, 0.5) is 0 Å². The lowest BCUT2D eigenvalue weighted by Crippen LogP contribution is -1.93. The zero-order valence-corrected chi connectivity index (χ0v) is 12.0. The Kier molecular flexibility index (Phi) is 4.65. The molecule has 0 fully saturated rings. The zero-order valence-electron chi connectivity index (χ0n) is 9.74. The minimum atomic E-state index is -0.109. The van der Waals surface area contributed by atoms with Gasteiger partial charge in [0.2, 0.25) is 0 Å². The highest BCUT2D eigenvalue weighted by Crippen LogP contribution is 2.22. The fraction of sp³-hybridized carbons (Fsp3) is 0. The molecule has 1 nitrogen and oxygen atoms in total. The largest absolute Gasteiger partial charge is 0.289 e. The summed E-state index contributed by atoms with van der Waals surface area (Å²) in [5.41, 5.74) is 1.32. The van der Waals surface area contributed by atoms with Gasteiger partial charge in [-0.25, -0.2) is 0 Å². The molecular formula is C15H9Cl3O. The van der Waals surface area contributed by atoms with Crippen molar-refractivity contribution in [3.05, 3.63) is 74.7 Å². The first-order valence-electron chi connectivity index (χ1n) is 5.49. The molecule has 2 aromatic carbocycles. The number of carbonyl (C=O) groups excluding carboxylic acids is 1. The Balaban J connectivity index is 2.18. The fourth-order valence-corrected chi connectivity index (χ4v) is 2.11. The van der Waals surface area contributed by atoms with E-state index in [1.165, 1.54) is 6.08 Å². The van der Waals surface area contributed by atoms with Gasteiger partial charge in [-0.2, -0.15) is 0 Å². The van der Waals surface area contributed by atoms with Crippen LogP contribution in [0.2, 0.25) is 15.1 Å². The van der Waals surface area contributed by atoms with E-state index in [4.69, 9.17) is 34.8 Å². The van der Waals surface area contributed by atoms with Gasteiger partial charge in [0.05, 0.1) is 0 Å². The van der Waals surface area contributed by atoms with E-state index in [9.17, 15) is 4.79 Å². The number of hydrogen-bond acceptors (Lipinski definition) is 1. The average molecular weight is 312 g/mol. The Morgan fingerprint density at radius 1 is 0.895 bits per heavy atom. The molecule has 0 atom stereocenters. The van der Waals surface area contributed by atoms with Crippen LogP contribution in [0, 0.1) is 0 Å². The third-order valence-electron chi connectivity index (χ3n) is 2.51. The first-order chi connectivity index (χ1) is 9.06. The average Bonchev–Trinajstić information content (AvgIpc) is 2.38. The van der Waals surface area contributed by atoms with Crippen molar-refractivity contribution in [2.75, 3.05) is 0 Å². The second-order valence-electron chi connectivity index (χ2n) is 3.87. The van der Waals surface area contributed by atoms with Gasteiger partial charge in [-0.15, -0.1) is 0 Å². The van der Waals surface area contributed by atoms with Gasteiger partial charge in [0.15, 0.2) is 5.78 Å². The number of ketones is 1. The van der Waals surface area contributed by atoms with E-state index in [0.29, 0.717) is 20.6 Å². The molecule has 4 heteroatoms. The molecule has 0 amide bonds. The highest BCUT2D eigenvalue weighted by Gasteiger charge is 2.02.